The predicted octanol–water partition coefficient (Wildman–Crippen LogP) is 2.29. The van der Waals surface area contributed by atoms with Crippen molar-refractivity contribution in [1.82, 2.24) is 5.32 Å². The molecule has 1 fully saturated rings. The molecule has 1 aliphatic heterocycles. The van der Waals surface area contributed by atoms with Crippen LogP contribution in [0.5, 0.6) is 0 Å². The maximum atomic E-state index is 5.43. The van der Waals surface area contributed by atoms with Gasteiger partial charge in [-0.3, -0.25) is 0 Å². The van der Waals surface area contributed by atoms with Crippen LogP contribution in [0.25, 0.3) is 0 Å². The zero-order valence-electron chi connectivity index (χ0n) is 9.26. The molecule has 14 heavy (non-hydrogen) atoms. The molecule has 0 aliphatic carbocycles. The Bertz CT molecular complexity index is 126. The topological polar surface area (TPSA) is 21.3 Å². The van der Waals surface area contributed by atoms with Gasteiger partial charge in [-0.25, -0.2) is 0 Å². The van der Waals surface area contributed by atoms with Crippen LogP contribution in [0, 0.1) is 0 Å². The molecule has 3 heteroatoms. The SMILES string of the molecule is CCCOCCCNC1CCSCC1. The van der Waals surface area contributed by atoms with E-state index in [2.05, 4.69) is 24.0 Å². The quantitative estimate of drug-likeness (QED) is 0.661. The van der Waals surface area contributed by atoms with Gasteiger partial charge in [0.25, 0.3) is 0 Å². The fourth-order valence-electron chi connectivity index (χ4n) is 1.63. The molecular weight excluding hydrogens is 194 g/mol. The van der Waals surface area contributed by atoms with E-state index >= 15 is 0 Å². The Labute approximate surface area is 92.2 Å². The van der Waals surface area contributed by atoms with Crippen LogP contribution >= 0.6 is 11.8 Å². The second-order valence-corrected chi connectivity index (χ2v) is 5.03. The Morgan fingerprint density at radius 2 is 2.07 bits per heavy atom. The molecule has 0 bridgehead atoms. The van der Waals surface area contributed by atoms with E-state index in [1.807, 2.05) is 0 Å². The van der Waals surface area contributed by atoms with E-state index in [1.165, 1.54) is 24.3 Å². The lowest BCUT2D eigenvalue weighted by Crippen LogP contribution is -2.33. The third kappa shape index (κ3) is 5.89. The molecule has 2 nitrogen and oxygen atoms in total. The summed E-state index contributed by atoms with van der Waals surface area (Å²) in [5, 5.41) is 3.61. The normalized spacial score (nSPS) is 18.6. The van der Waals surface area contributed by atoms with Crippen molar-refractivity contribution in [1.29, 1.82) is 0 Å². The van der Waals surface area contributed by atoms with E-state index in [1.54, 1.807) is 0 Å². The average Bonchev–Trinajstić information content (AvgIpc) is 2.25. The van der Waals surface area contributed by atoms with Gasteiger partial charge in [-0.1, -0.05) is 6.92 Å². The third-order valence-corrected chi connectivity index (χ3v) is 3.52. The van der Waals surface area contributed by atoms with Crippen molar-refractivity contribution < 1.29 is 4.74 Å². The number of hydrogen-bond acceptors (Lipinski definition) is 3. The zero-order chi connectivity index (χ0) is 10.1. The predicted molar refractivity (Wildman–Crippen MR) is 64.1 cm³/mol. The molecule has 0 radical (unpaired) electrons. The highest BCUT2D eigenvalue weighted by Gasteiger charge is 2.11. The lowest BCUT2D eigenvalue weighted by atomic mass is 10.1. The van der Waals surface area contributed by atoms with Crippen molar-refractivity contribution in [3.8, 4) is 0 Å². The lowest BCUT2D eigenvalue weighted by Gasteiger charge is -2.22. The first-order valence-corrected chi connectivity index (χ1v) is 6.98. The van der Waals surface area contributed by atoms with Gasteiger partial charge in [0.1, 0.15) is 0 Å². The molecule has 0 atom stereocenters. The molecule has 0 aromatic rings. The summed E-state index contributed by atoms with van der Waals surface area (Å²) >= 11 is 2.08. The van der Waals surface area contributed by atoms with E-state index in [4.69, 9.17) is 4.74 Å². The van der Waals surface area contributed by atoms with Gasteiger partial charge in [0, 0.05) is 19.3 Å². The van der Waals surface area contributed by atoms with Gasteiger partial charge in [-0.15, -0.1) is 0 Å². The molecule has 0 spiro atoms. The van der Waals surface area contributed by atoms with Gasteiger partial charge in [0.2, 0.25) is 0 Å². The highest BCUT2D eigenvalue weighted by Crippen LogP contribution is 2.16. The van der Waals surface area contributed by atoms with Gasteiger partial charge < -0.3 is 10.1 Å². The Morgan fingerprint density at radius 1 is 1.29 bits per heavy atom. The molecule has 1 saturated heterocycles. The molecule has 84 valence electrons. The molecule has 1 aliphatic rings. The van der Waals surface area contributed by atoms with Crippen LogP contribution < -0.4 is 5.32 Å². The molecule has 1 rings (SSSR count). The summed E-state index contributed by atoms with van der Waals surface area (Å²) in [7, 11) is 0. The molecule has 0 amide bonds. The van der Waals surface area contributed by atoms with Crippen molar-refractivity contribution in [3.05, 3.63) is 0 Å². The van der Waals surface area contributed by atoms with Crippen molar-refractivity contribution in [2.75, 3.05) is 31.3 Å². The van der Waals surface area contributed by atoms with E-state index in [9.17, 15) is 0 Å². The van der Waals surface area contributed by atoms with E-state index in [0.29, 0.717) is 0 Å². The maximum absolute atomic E-state index is 5.43. The molecule has 0 unspecified atom stereocenters. The fourth-order valence-corrected chi connectivity index (χ4v) is 2.74. The molecule has 1 heterocycles. The van der Waals surface area contributed by atoms with Crippen molar-refractivity contribution in [3.63, 3.8) is 0 Å². The number of nitrogens with one attached hydrogen (secondary N) is 1. The lowest BCUT2D eigenvalue weighted by molar-refractivity contribution is 0.131. The Hall–Kier alpha value is 0.270. The van der Waals surface area contributed by atoms with E-state index < -0.39 is 0 Å². The van der Waals surface area contributed by atoms with E-state index in [0.717, 1.165) is 38.6 Å². The fraction of sp³-hybridized carbons (Fsp3) is 1.00. The number of hydrogen-bond donors (Lipinski definition) is 1. The summed E-state index contributed by atoms with van der Waals surface area (Å²) in [6.07, 6.45) is 4.98. The van der Waals surface area contributed by atoms with Crippen LogP contribution in [-0.4, -0.2) is 37.3 Å². The zero-order valence-corrected chi connectivity index (χ0v) is 10.1. The van der Waals surface area contributed by atoms with Crippen LogP contribution in [0.15, 0.2) is 0 Å². The van der Waals surface area contributed by atoms with E-state index in [-0.39, 0.29) is 0 Å². The standard InChI is InChI=1S/C11H23NOS/c1-2-7-13-8-3-6-12-11-4-9-14-10-5-11/h11-12H,2-10H2,1H3. The highest BCUT2D eigenvalue weighted by molar-refractivity contribution is 7.99. The monoisotopic (exact) mass is 217 g/mol. The van der Waals surface area contributed by atoms with Gasteiger partial charge >= 0.3 is 0 Å². The second kappa shape index (κ2) is 8.57. The molecule has 1 N–H and O–H groups in total. The summed E-state index contributed by atoms with van der Waals surface area (Å²) in [4.78, 5) is 0. The molecule has 0 aromatic carbocycles. The van der Waals surface area contributed by atoms with Gasteiger partial charge in [0.15, 0.2) is 0 Å². The first kappa shape index (κ1) is 12.3. The third-order valence-electron chi connectivity index (χ3n) is 2.47. The summed E-state index contributed by atoms with van der Waals surface area (Å²) in [6, 6.07) is 0.780. The first-order chi connectivity index (χ1) is 6.93. The van der Waals surface area contributed by atoms with Crippen LogP contribution in [0.2, 0.25) is 0 Å². The van der Waals surface area contributed by atoms with Gasteiger partial charge in [-0.05, 0) is 43.7 Å². The molecular formula is C11H23NOS. The first-order valence-electron chi connectivity index (χ1n) is 5.82. The Morgan fingerprint density at radius 3 is 2.79 bits per heavy atom. The average molecular weight is 217 g/mol. The second-order valence-electron chi connectivity index (χ2n) is 3.81. The highest BCUT2D eigenvalue weighted by atomic mass is 32.2. The minimum Gasteiger partial charge on any atom is -0.381 e. The molecule has 0 aromatic heterocycles. The number of rotatable bonds is 7. The summed E-state index contributed by atoms with van der Waals surface area (Å²) < 4.78 is 5.43. The number of thioether (sulfide) groups is 1. The largest absolute Gasteiger partial charge is 0.381 e. The minimum absolute atomic E-state index is 0.780. The minimum atomic E-state index is 0.780. The van der Waals surface area contributed by atoms with Crippen molar-refractivity contribution in [2.24, 2.45) is 0 Å². The Balaban J connectivity index is 1.82. The Kier molecular flexibility index (Phi) is 7.55. The summed E-state index contributed by atoms with van der Waals surface area (Å²) in [6.45, 7) is 5.11. The van der Waals surface area contributed by atoms with Crippen molar-refractivity contribution in [2.45, 2.75) is 38.6 Å². The molecule has 0 saturated carbocycles. The van der Waals surface area contributed by atoms with Crippen LogP contribution in [0.1, 0.15) is 32.6 Å². The van der Waals surface area contributed by atoms with Crippen LogP contribution in [-0.2, 0) is 4.74 Å². The van der Waals surface area contributed by atoms with Crippen LogP contribution in [0.4, 0.5) is 0 Å². The van der Waals surface area contributed by atoms with Crippen molar-refractivity contribution >= 4 is 11.8 Å². The maximum Gasteiger partial charge on any atom is 0.0478 e. The summed E-state index contributed by atoms with van der Waals surface area (Å²) in [5.74, 6) is 2.67. The smallest absolute Gasteiger partial charge is 0.0478 e. The number of ether oxygens (including phenoxy) is 1. The van der Waals surface area contributed by atoms with Gasteiger partial charge in [-0.2, -0.15) is 11.8 Å². The summed E-state index contributed by atoms with van der Waals surface area (Å²) in [5.41, 5.74) is 0. The van der Waals surface area contributed by atoms with Crippen LogP contribution in [0.3, 0.4) is 0 Å². The van der Waals surface area contributed by atoms with Gasteiger partial charge in [0.05, 0.1) is 0 Å².